The van der Waals surface area contributed by atoms with Crippen LogP contribution in [-0.4, -0.2) is 29.7 Å². The van der Waals surface area contributed by atoms with Gasteiger partial charge in [0.05, 0.1) is 0 Å². The first-order valence-corrected chi connectivity index (χ1v) is 6.12. The number of rotatable bonds is 5. The third-order valence-corrected chi connectivity index (χ3v) is 2.92. The molecule has 0 bridgehead atoms. The average Bonchev–Trinajstić information content (AvgIpc) is 2.46. The van der Waals surface area contributed by atoms with Crippen LogP contribution in [0, 0.1) is 0 Å². The zero-order valence-electron chi connectivity index (χ0n) is 10.8. The van der Waals surface area contributed by atoms with Gasteiger partial charge < -0.3 is 10.0 Å². The number of anilines is 1. The predicted molar refractivity (Wildman–Crippen MR) is 74.6 cm³/mol. The van der Waals surface area contributed by atoms with E-state index in [1.807, 2.05) is 36.2 Å². The maximum absolute atomic E-state index is 10.9. The van der Waals surface area contributed by atoms with Gasteiger partial charge in [-0.15, -0.1) is 0 Å². The van der Waals surface area contributed by atoms with Crippen molar-refractivity contribution >= 4 is 11.8 Å². The van der Waals surface area contributed by atoms with Gasteiger partial charge in [0.1, 0.15) is 5.82 Å². The molecular weight excluding hydrogens is 240 g/mol. The second-order valence-corrected chi connectivity index (χ2v) is 4.34. The van der Waals surface area contributed by atoms with Gasteiger partial charge in [0, 0.05) is 13.6 Å². The number of hydrogen-bond acceptors (Lipinski definition) is 3. The molecule has 1 aromatic heterocycles. The van der Waals surface area contributed by atoms with Crippen molar-refractivity contribution in [2.45, 2.75) is 6.42 Å². The summed E-state index contributed by atoms with van der Waals surface area (Å²) in [5.41, 5.74) is 1.33. The lowest BCUT2D eigenvalue weighted by atomic mass is 10.1. The predicted octanol–water partition coefficient (Wildman–Crippen LogP) is 2.46. The van der Waals surface area contributed by atoms with Crippen LogP contribution >= 0.6 is 0 Å². The van der Waals surface area contributed by atoms with Crippen molar-refractivity contribution in [3.8, 4) is 0 Å². The van der Waals surface area contributed by atoms with Crippen molar-refractivity contribution < 1.29 is 9.90 Å². The van der Waals surface area contributed by atoms with Crippen molar-refractivity contribution in [2.24, 2.45) is 0 Å². The monoisotopic (exact) mass is 256 g/mol. The second-order valence-electron chi connectivity index (χ2n) is 4.34. The number of nitrogens with zero attached hydrogens (tertiary/aromatic N) is 2. The van der Waals surface area contributed by atoms with Crippen molar-refractivity contribution in [1.82, 2.24) is 4.98 Å². The number of benzene rings is 1. The Hall–Kier alpha value is -2.36. The van der Waals surface area contributed by atoms with Crippen LogP contribution < -0.4 is 4.90 Å². The van der Waals surface area contributed by atoms with E-state index in [-0.39, 0.29) is 5.69 Å². The van der Waals surface area contributed by atoms with Crippen LogP contribution in [0.15, 0.2) is 48.5 Å². The van der Waals surface area contributed by atoms with Gasteiger partial charge in [0.2, 0.25) is 0 Å². The Labute approximate surface area is 112 Å². The topological polar surface area (TPSA) is 53.4 Å². The minimum atomic E-state index is -1.00. The van der Waals surface area contributed by atoms with E-state index in [9.17, 15) is 4.79 Å². The van der Waals surface area contributed by atoms with Gasteiger partial charge in [-0.2, -0.15) is 0 Å². The highest BCUT2D eigenvalue weighted by Gasteiger charge is 2.08. The van der Waals surface area contributed by atoms with Gasteiger partial charge in [0.15, 0.2) is 5.69 Å². The molecule has 4 nitrogen and oxygen atoms in total. The number of aromatic nitrogens is 1. The third-order valence-electron chi connectivity index (χ3n) is 2.92. The first-order chi connectivity index (χ1) is 9.16. The van der Waals surface area contributed by atoms with Gasteiger partial charge in [-0.1, -0.05) is 36.4 Å². The van der Waals surface area contributed by atoms with E-state index >= 15 is 0 Å². The summed E-state index contributed by atoms with van der Waals surface area (Å²) in [7, 11) is 1.91. The van der Waals surface area contributed by atoms with Crippen LogP contribution in [0.5, 0.6) is 0 Å². The van der Waals surface area contributed by atoms with E-state index in [1.54, 1.807) is 6.07 Å². The van der Waals surface area contributed by atoms with E-state index in [2.05, 4.69) is 17.1 Å². The number of likely N-dealkylation sites (N-methyl/N-ethyl adjacent to an activating group) is 1. The Balaban J connectivity index is 2.02. The van der Waals surface area contributed by atoms with Crippen molar-refractivity contribution in [3.63, 3.8) is 0 Å². The van der Waals surface area contributed by atoms with Gasteiger partial charge in [-0.3, -0.25) is 0 Å². The summed E-state index contributed by atoms with van der Waals surface area (Å²) in [6.07, 6.45) is 0.899. The number of carboxylic acids is 1. The summed E-state index contributed by atoms with van der Waals surface area (Å²) < 4.78 is 0. The molecule has 1 aromatic carbocycles. The first-order valence-electron chi connectivity index (χ1n) is 6.12. The molecule has 98 valence electrons. The number of carboxylic acid groups (broad SMARTS) is 1. The number of pyridine rings is 1. The molecule has 0 aliphatic rings. The summed E-state index contributed by atoms with van der Waals surface area (Å²) in [6.45, 7) is 0.792. The first kappa shape index (κ1) is 13.1. The fourth-order valence-corrected chi connectivity index (χ4v) is 1.81. The maximum atomic E-state index is 10.9. The molecule has 0 radical (unpaired) electrons. The highest BCUT2D eigenvalue weighted by molar-refractivity contribution is 5.85. The Kier molecular flexibility index (Phi) is 4.13. The number of carbonyl (C=O) groups is 1. The summed E-state index contributed by atoms with van der Waals surface area (Å²) in [5.74, 6) is -0.325. The molecule has 2 rings (SSSR count). The standard InChI is InChI=1S/C15H16N2O2/c1-17(11-10-12-6-3-2-4-7-12)14-9-5-8-13(16-14)15(18)19/h2-9H,10-11H2,1H3,(H,18,19). The molecule has 0 aliphatic carbocycles. The average molecular weight is 256 g/mol. The summed E-state index contributed by atoms with van der Waals surface area (Å²) in [6, 6.07) is 15.2. The van der Waals surface area contributed by atoms with E-state index in [0.29, 0.717) is 5.82 Å². The molecule has 0 unspecified atom stereocenters. The molecule has 0 spiro atoms. The van der Waals surface area contributed by atoms with Crippen molar-refractivity contribution in [3.05, 3.63) is 59.8 Å². The smallest absolute Gasteiger partial charge is 0.354 e. The molecule has 0 fully saturated rings. The largest absolute Gasteiger partial charge is 0.477 e. The van der Waals surface area contributed by atoms with Crippen LogP contribution in [0.3, 0.4) is 0 Å². The van der Waals surface area contributed by atoms with Gasteiger partial charge in [-0.25, -0.2) is 9.78 Å². The zero-order valence-corrected chi connectivity index (χ0v) is 10.8. The van der Waals surface area contributed by atoms with Crippen LogP contribution in [0.2, 0.25) is 0 Å². The number of hydrogen-bond donors (Lipinski definition) is 1. The molecule has 1 heterocycles. The SMILES string of the molecule is CN(CCc1ccccc1)c1cccc(C(=O)O)n1. The van der Waals surface area contributed by atoms with E-state index in [0.717, 1.165) is 13.0 Å². The highest BCUT2D eigenvalue weighted by atomic mass is 16.4. The van der Waals surface area contributed by atoms with Gasteiger partial charge in [-0.05, 0) is 24.1 Å². The van der Waals surface area contributed by atoms with Gasteiger partial charge in [0.25, 0.3) is 0 Å². The van der Waals surface area contributed by atoms with Gasteiger partial charge >= 0.3 is 5.97 Å². The molecule has 4 heteroatoms. The molecule has 0 atom stereocenters. The Morgan fingerprint density at radius 2 is 1.89 bits per heavy atom. The van der Waals surface area contributed by atoms with Crippen LogP contribution in [0.4, 0.5) is 5.82 Å². The maximum Gasteiger partial charge on any atom is 0.354 e. The minimum Gasteiger partial charge on any atom is -0.477 e. The zero-order chi connectivity index (χ0) is 13.7. The molecule has 1 N–H and O–H groups in total. The summed E-state index contributed by atoms with van der Waals surface area (Å²) in [5, 5.41) is 8.92. The lowest BCUT2D eigenvalue weighted by molar-refractivity contribution is 0.0690. The van der Waals surface area contributed by atoms with Crippen molar-refractivity contribution in [1.29, 1.82) is 0 Å². The lowest BCUT2D eigenvalue weighted by Gasteiger charge is -2.18. The Morgan fingerprint density at radius 1 is 1.16 bits per heavy atom. The van der Waals surface area contributed by atoms with E-state index < -0.39 is 5.97 Å². The van der Waals surface area contributed by atoms with E-state index in [1.165, 1.54) is 11.6 Å². The van der Waals surface area contributed by atoms with Crippen LogP contribution in [0.1, 0.15) is 16.1 Å². The Morgan fingerprint density at radius 3 is 2.58 bits per heavy atom. The quantitative estimate of drug-likeness (QED) is 0.892. The Bertz CT molecular complexity index is 555. The molecule has 0 amide bonds. The molecular formula is C15H16N2O2. The molecule has 2 aromatic rings. The van der Waals surface area contributed by atoms with Crippen LogP contribution in [0.25, 0.3) is 0 Å². The van der Waals surface area contributed by atoms with Crippen LogP contribution in [-0.2, 0) is 6.42 Å². The molecule has 0 saturated carbocycles. The second kappa shape index (κ2) is 6.00. The highest BCUT2D eigenvalue weighted by Crippen LogP contribution is 2.11. The third kappa shape index (κ3) is 3.55. The molecule has 0 saturated heterocycles. The molecule has 0 aliphatic heterocycles. The fraction of sp³-hybridized carbons (Fsp3) is 0.200. The molecule has 19 heavy (non-hydrogen) atoms. The summed E-state index contributed by atoms with van der Waals surface area (Å²) in [4.78, 5) is 16.9. The minimum absolute atomic E-state index is 0.0732. The van der Waals surface area contributed by atoms with E-state index in [4.69, 9.17) is 5.11 Å². The summed E-state index contributed by atoms with van der Waals surface area (Å²) >= 11 is 0. The van der Waals surface area contributed by atoms with Crippen molar-refractivity contribution in [2.75, 3.05) is 18.5 Å². The lowest BCUT2D eigenvalue weighted by Crippen LogP contribution is -2.22. The number of aromatic carboxylic acids is 1. The fourth-order valence-electron chi connectivity index (χ4n) is 1.81. The normalized spacial score (nSPS) is 10.2.